The first-order chi connectivity index (χ1) is 4.81. The minimum atomic E-state index is 0.385. The standard InChI is InChI=1S/C9H19N/c1-3-5-7-9(10)8-6-4-2/h3,5,9H,4,6-8,10H2,1-2H3/b5-3+. The molecule has 0 saturated heterocycles. The molecule has 1 heteroatoms. The van der Waals surface area contributed by atoms with Crippen molar-refractivity contribution in [1.82, 2.24) is 0 Å². The van der Waals surface area contributed by atoms with Gasteiger partial charge >= 0.3 is 0 Å². The molecule has 0 radical (unpaired) electrons. The van der Waals surface area contributed by atoms with Crippen LogP contribution in [0.5, 0.6) is 0 Å². The summed E-state index contributed by atoms with van der Waals surface area (Å²) in [4.78, 5) is 0. The van der Waals surface area contributed by atoms with Crippen molar-refractivity contribution >= 4 is 0 Å². The molecular formula is C9H19N. The molecule has 1 nitrogen and oxygen atoms in total. The van der Waals surface area contributed by atoms with Gasteiger partial charge in [0.25, 0.3) is 0 Å². The Morgan fingerprint density at radius 1 is 1.50 bits per heavy atom. The average Bonchev–Trinajstić information content (AvgIpc) is 1.97. The van der Waals surface area contributed by atoms with E-state index >= 15 is 0 Å². The predicted octanol–water partition coefficient (Wildman–Crippen LogP) is 2.47. The van der Waals surface area contributed by atoms with E-state index in [2.05, 4.69) is 19.1 Å². The van der Waals surface area contributed by atoms with Gasteiger partial charge in [0.1, 0.15) is 0 Å². The van der Waals surface area contributed by atoms with Gasteiger partial charge in [0.15, 0.2) is 0 Å². The maximum atomic E-state index is 5.79. The normalized spacial score (nSPS) is 14.3. The molecule has 0 aliphatic rings. The molecule has 0 aromatic carbocycles. The van der Waals surface area contributed by atoms with E-state index in [1.54, 1.807) is 0 Å². The van der Waals surface area contributed by atoms with Crippen LogP contribution in [0.1, 0.15) is 39.5 Å². The van der Waals surface area contributed by atoms with Gasteiger partial charge in [-0.3, -0.25) is 0 Å². The first-order valence-corrected chi connectivity index (χ1v) is 4.18. The number of hydrogen-bond acceptors (Lipinski definition) is 1. The molecule has 10 heavy (non-hydrogen) atoms. The van der Waals surface area contributed by atoms with Gasteiger partial charge in [-0.2, -0.15) is 0 Å². The summed E-state index contributed by atoms with van der Waals surface area (Å²) < 4.78 is 0. The molecule has 0 aromatic rings. The van der Waals surface area contributed by atoms with Crippen molar-refractivity contribution in [1.29, 1.82) is 0 Å². The van der Waals surface area contributed by atoms with Crippen molar-refractivity contribution in [2.45, 2.75) is 45.6 Å². The summed E-state index contributed by atoms with van der Waals surface area (Å²) in [6.07, 6.45) is 8.92. The zero-order valence-corrected chi connectivity index (χ0v) is 7.14. The van der Waals surface area contributed by atoms with Crippen LogP contribution in [-0.4, -0.2) is 6.04 Å². The minimum absolute atomic E-state index is 0.385. The Bertz CT molecular complexity index is 86.7. The van der Waals surface area contributed by atoms with Crippen molar-refractivity contribution in [2.24, 2.45) is 5.73 Å². The van der Waals surface area contributed by atoms with Crippen molar-refractivity contribution in [3.8, 4) is 0 Å². The average molecular weight is 141 g/mol. The summed E-state index contributed by atoms with van der Waals surface area (Å²) in [6.45, 7) is 4.23. The molecule has 1 atom stereocenters. The summed E-state index contributed by atoms with van der Waals surface area (Å²) >= 11 is 0. The topological polar surface area (TPSA) is 26.0 Å². The molecule has 0 rings (SSSR count). The number of allylic oxidation sites excluding steroid dienone is 1. The lowest BCUT2D eigenvalue weighted by Crippen LogP contribution is -2.18. The maximum absolute atomic E-state index is 5.79. The van der Waals surface area contributed by atoms with E-state index < -0.39 is 0 Å². The van der Waals surface area contributed by atoms with Gasteiger partial charge in [0.2, 0.25) is 0 Å². The molecule has 0 fully saturated rings. The maximum Gasteiger partial charge on any atom is 0.00734 e. The Morgan fingerprint density at radius 2 is 2.20 bits per heavy atom. The Labute approximate surface area is 64.3 Å². The second kappa shape index (κ2) is 6.81. The van der Waals surface area contributed by atoms with E-state index in [-0.39, 0.29) is 0 Å². The fourth-order valence-corrected chi connectivity index (χ4v) is 0.895. The highest BCUT2D eigenvalue weighted by Crippen LogP contribution is 2.01. The molecule has 60 valence electrons. The van der Waals surface area contributed by atoms with Crippen molar-refractivity contribution in [3.05, 3.63) is 12.2 Å². The van der Waals surface area contributed by atoms with Crippen LogP contribution in [0.15, 0.2) is 12.2 Å². The van der Waals surface area contributed by atoms with Crippen LogP contribution in [0.25, 0.3) is 0 Å². The summed E-state index contributed by atoms with van der Waals surface area (Å²) in [5, 5.41) is 0. The summed E-state index contributed by atoms with van der Waals surface area (Å²) in [5.74, 6) is 0. The van der Waals surface area contributed by atoms with Gasteiger partial charge in [0.05, 0.1) is 0 Å². The molecule has 0 spiro atoms. The molecule has 2 N–H and O–H groups in total. The highest BCUT2D eigenvalue weighted by molar-refractivity contribution is 4.81. The van der Waals surface area contributed by atoms with Crippen molar-refractivity contribution < 1.29 is 0 Å². The summed E-state index contributed by atoms with van der Waals surface area (Å²) in [7, 11) is 0. The van der Waals surface area contributed by atoms with Crippen LogP contribution in [0.4, 0.5) is 0 Å². The molecule has 0 heterocycles. The third kappa shape index (κ3) is 5.83. The highest BCUT2D eigenvalue weighted by Gasteiger charge is 1.96. The zero-order valence-electron chi connectivity index (χ0n) is 7.14. The SMILES string of the molecule is C/C=C/CC(N)CCCC. The molecule has 0 amide bonds. The third-order valence-electron chi connectivity index (χ3n) is 1.60. The molecule has 0 aliphatic carbocycles. The number of unbranched alkanes of at least 4 members (excludes halogenated alkanes) is 1. The lowest BCUT2D eigenvalue weighted by atomic mass is 10.1. The van der Waals surface area contributed by atoms with Gasteiger partial charge in [-0.05, 0) is 19.8 Å². The van der Waals surface area contributed by atoms with Gasteiger partial charge in [-0.25, -0.2) is 0 Å². The Balaban J connectivity index is 3.16. The van der Waals surface area contributed by atoms with E-state index in [1.807, 2.05) is 6.92 Å². The van der Waals surface area contributed by atoms with Crippen LogP contribution >= 0.6 is 0 Å². The Morgan fingerprint density at radius 3 is 2.70 bits per heavy atom. The molecule has 1 unspecified atom stereocenters. The number of nitrogens with two attached hydrogens (primary N) is 1. The molecule has 0 aromatic heterocycles. The lowest BCUT2D eigenvalue weighted by Gasteiger charge is -2.06. The van der Waals surface area contributed by atoms with Crippen molar-refractivity contribution in [2.75, 3.05) is 0 Å². The Hall–Kier alpha value is -0.300. The molecule has 0 bridgehead atoms. The van der Waals surface area contributed by atoms with Crippen LogP contribution in [0.3, 0.4) is 0 Å². The van der Waals surface area contributed by atoms with Crippen molar-refractivity contribution in [3.63, 3.8) is 0 Å². The van der Waals surface area contributed by atoms with Gasteiger partial charge < -0.3 is 5.73 Å². The second-order valence-electron chi connectivity index (χ2n) is 2.71. The predicted molar refractivity (Wildman–Crippen MR) is 46.9 cm³/mol. The van der Waals surface area contributed by atoms with Crippen LogP contribution in [0, 0.1) is 0 Å². The lowest BCUT2D eigenvalue weighted by molar-refractivity contribution is 0.582. The van der Waals surface area contributed by atoms with Gasteiger partial charge in [-0.1, -0.05) is 31.9 Å². The van der Waals surface area contributed by atoms with Crippen LogP contribution < -0.4 is 5.73 Å². The molecule has 0 saturated carbocycles. The van der Waals surface area contributed by atoms with Gasteiger partial charge in [0, 0.05) is 6.04 Å². The van der Waals surface area contributed by atoms with Crippen LogP contribution in [-0.2, 0) is 0 Å². The fourth-order valence-electron chi connectivity index (χ4n) is 0.895. The van der Waals surface area contributed by atoms with E-state index in [4.69, 9.17) is 5.73 Å². The quantitative estimate of drug-likeness (QED) is 0.585. The van der Waals surface area contributed by atoms with E-state index in [0.717, 1.165) is 6.42 Å². The highest BCUT2D eigenvalue weighted by atomic mass is 14.6. The summed E-state index contributed by atoms with van der Waals surface area (Å²) in [6, 6.07) is 0.385. The smallest absolute Gasteiger partial charge is 0.00734 e. The second-order valence-corrected chi connectivity index (χ2v) is 2.71. The minimum Gasteiger partial charge on any atom is -0.327 e. The molecular weight excluding hydrogens is 122 g/mol. The van der Waals surface area contributed by atoms with E-state index in [9.17, 15) is 0 Å². The van der Waals surface area contributed by atoms with E-state index in [0.29, 0.717) is 6.04 Å². The largest absolute Gasteiger partial charge is 0.327 e. The number of rotatable bonds is 5. The first kappa shape index (κ1) is 9.70. The fraction of sp³-hybridized carbons (Fsp3) is 0.778. The first-order valence-electron chi connectivity index (χ1n) is 4.18. The zero-order chi connectivity index (χ0) is 7.82. The molecule has 0 aliphatic heterocycles. The van der Waals surface area contributed by atoms with Crippen LogP contribution in [0.2, 0.25) is 0 Å². The number of hydrogen-bond donors (Lipinski definition) is 1. The summed E-state index contributed by atoms with van der Waals surface area (Å²) in [5.41, 5.74) is 5.79. The van der Waals surface area contributed by atoms with E-state index in [1.165, 1.54) is 19.3 Å². The Kier molecular flexibility index (Phi) is 6.61. The monoisotopic (exact) mass is 141 g/mol. The van der Waals surface area contributed by atoms with Gasteiger partial charge in [-0.15, -0.1) is 0 Å². The third-order valence-corrected chi connectivity index (χ3v) is 1.60.